The summed E-state index contributed by atoms with van der Waals surface area (Å²) in [5.41, 5.74) is 1.16. The molecule has 1 aliphatic carbocycles. The number of hydrogen-bond acceptors (Lipinski definition) is 3. The molecule has 3 N–H and O–H groups in total. The van der Waals surface area contributed by atoms with Gasteiger partial charge in [0.25, 0.3) is 0 Å². The summed E-state index contributed by atoms with van der Waals surface area (Å²) in [5, 5.41) is 15.4. The molecule has 0 bridgehead atoms. The third-order valence-electron chi connectivity index (χ3n) is 5.02. The van der Waals surface area contributed by atoms with Crippen molar-refractivity contribution in [3.05, 3.63) is 30.1 Å². The Morgan fingerprint density at radius 2 is 2.00 bits per heavy atom. The van der Waals surface area contributed by atoms with Gasteiger partial charge in [0, 0.05) is 37.5 Å². The van der Waals surface area contributed by atoms with Gasteiger partial charge >= 0.3 is 6.03 Å². The third kappa shape index (κ3) is 6.48. The molecule has 1 saturated carbocycles. The lowest BCUT2D eigenvalue weighted by atomic mass is 9.82. The lowest BCUT2D eigenvalue weighted by Crippen LogP contribution is -2.43. The summed E-state index contributed by atoms with van der Waals surface area (Å²) in [6.45, 7) is 3.49. The lowest BCUT2D eigenvalue weighted by Gasteiger charge is -2.28. The second kappa shape index (κ2) is 9.62. The Balaban J connectivity index is 1.71. The SMILES string of the molecule is CC1(CNC(=O)NCC(CO)Cc2ccccn2)CCCCCC1. The average Bonchev–Trinajstić information content (AvgIpc) is 2.83. The molecular formula is C19H31N3O2. The summed E-state index contributed by atoms with van der Waals surface area (Å²) in [4.78, 5) is 16.3. The van der Waals surface area contributed by atoms with E-state index in [2.05, 4.69) is 22.5 Å². The smallest absolute Gasteiger partial charge is 0.314 e. The molecule has 0 radical (unpaired) electrons. The fraction of sp³-hybridized carbons (Fsp3) is 0.684. The highest BCUT2D eigenvalue weighted by Crippen LogP contribution is 2.33. The Morgan fingerprint density at radius 1 is 1.25 bits per heavy atom. The maximum absolute atomic E-state index is 12.1. The van der Waals surface area contributed by atoms with Crippen LogP contribution in [0.1, 0.15) is 51.1 Å². The molecule has 1 aromatic rings. The van der Waals surface area contributed by atoms with Gasteiger partial charge in [0.05, 0.1) is 0 Å². The van der Waals surface area contributed by atoms with Gasteiger partial charge in [-0.15, -0.1) is 0 Å². The normalized spacial score (nSPS) is 18.4. The number of aliphatic hydroxyl groups is 1. The van der Waals surface area contributed by atoms with Crippen LogP contribution in [0.25, 0.3) is 0 Å². The second-order valence-electron chi connectivity index (χ2n) is 7.36. The van der Waals surface area contributed by atoms with Gasteiger partial charge in [-0.2, -0.15) is 0 Å². The predicted octanol–water partition coefficient (Wildman–Crippen LogP) is 2.89. The molecule has 2 rings (SSSR count). The molecule has 1 aliphatic rings. The largest absolute Gasteiger partial charge is 0.396 e. The predicted molar refractivity (Wildman–Crippen MR) is 95.7 cm³/mol. The molecule has 1 heterocycles. The van der Waals surface area contributed by atoms with Gasteiger partial charge in [-0.3, -0.25) is 4.98 Å². The summed E-state index contributed by atoms with van der Waals surface area (Å²) in [6, 6.07) is 5.61. The number of pyridine rings is 1. The Bertz CT molecular complexity index is 485. The van der Waals surface area contributed by atoms with Crippen LogP contribution in [-0.4, -0.2) is 35.8 Å². The molecule has 1 fully saturated rings. The van der Waals surface area contributed by atoms with Crippen LogP contribution in [0.3, 0.4) is 0 Å². The standard InChI is InChI=1S/C19H31N3O2/c1-19(9-5-2-3-6-10-19)15-22-18(24)21-13-16(14-23)12-17-8-4-7-11-20-17/h4,7-8,11,16,23H,2-3,5-6,9-10,12-15H2,1H3,(H2,21,22,24). The number of aromatic nitrogens is 1. The van der Waals surface area contributed by atoms with Gasteiger partial charge in [0.15, 0.2) is 0 Å². The number of nitrogens with zero attached hydrogens (tertiary/aromatic N) is 1. The molecule has 0 aromatic carbocycles. The summed E-state index contributed by atoms with van der Waals surface area (Å²) in [7, 11) is 0. The highest BCUT2D eigenvalue weighted by molar-refractivity contribution is 5.73. The Labute approximate surface area is 145 Å². The van der Waals surface area contributed by atoms with Crippen molar-refractivity contribution in [1.82, 2.24) is 15.6 Å². The minimum Gasteiger partial charge on any atom is -0.396 e. The first-order valence-corrected chi connectivity index (χ1v) is 9.14. The van der Waals surface area contributed by atoms with Gasteiger partial charge in [0.2, 0.25) is 0 Å². The Hall–Kier alpha value is -1.62. The molecular weight excluding hydrogens is 302 g/mol. The number of carbonyl (C=O) groups excluding carboxylic acids is 1. The van der Waals surface area contributed by atoms with Gasteiger partial charge in [-0.25, -0.2) is 4.79 Å². The third-order valence-corrected chi connectivity index (χ3v) is 5.02. The van der Waals surface area contributed by atoms with Crippen molar-refractivity contribution in [3.8, 4) is 0 Å². The van der Waals surface area contributed by atoms with Crippen molar-refractivity contribution in [2.75, 3.05) is 19.7 Å². The zero-order valence-corrected chi connectivity index (χ0v) is 14.8. The van der Waals surface area contributed by atoms with Crippen LogP contribution in [0.4, 0.5) is 4.79 Å². The van der Waals surface area contributed by atoms with Crippen molar-refractivity contribution >= 4 is 6.03 Å². The minimum absolute atomic E-state index is 0.0147. The van der Waals surface area contributed by atoms with Crippen LogP contribution in [0.5, 0.6) is 0 Å². The first-order valence-electron chi connectivity index (χ1n) is 9.14. The number of urea groups is 1. The van der Waals surface area contributed by atoms with E-state index in [1.54, 1.807) is 6.20 Å². The van der Waals surface area contributed by atoms with E-state index < -0.39 is 0 Å². The average molecular weight is 333 g/mol. The number of carbonyl (C=O) groups is 1. The molecule has 134 valence electrons. The maximum atomic E-state index is 12.1. The highest BCUT2D eigenvalue weighted by Gasteiger charge is 2.26. The van der Waals surface area contributed by atoms with Crippen molar-refractivity contribution in [1.29, 1.82) is 0 Å². The van der Waals surface area contributed by atoms with Crippen molar-refractivity contribution < 1.29 is 9.90 Å². The molecule has 1 aromatic heterocycles. The first-order chi connectivity index (χ1) is 11.6. The number of aliphatic hydroxyl groups excluding tert-OH is 1. The van der Waals surface area contributed by atoms with Crippen molar-refractivity contribution in [3.63, 3.8) is 0 Å². The maximum Gasteiger partial charge on any atom is 0.314 e. The lowest BCUT2D eigenvalue weighted by molar-refractivity contribution is 0.207. The molecule has 5 heteroatoms. The summed E-state index contributed by atoms with van der Waals surface area (Å²) >= 11 is 0. The van der Waals surface area contributed by atoms with E-state index in [0.717, 1.165) is 12.2 Å². The van der Waals surface area contributed by atoms with Crippen LogP contribution >= 0.6 is 0 Å². The van der Waals surface area contributed by atoms with E-state index >= 15 is 0 Å². The van der Waals surface area contributed by atoms with Crippen LogP contribution in [0, 0.1) is 11.3 Å². The van der Waals surface area contributed by atoms with Gasteiger partial charge in [-0.05, 0) is 36.8 Å². The number of hydrogen-bond donors (Lipinski definition) is 3. The molecule has 1 atom stereocenters. The van der Waals surface area contributed by atoms with Gasteiger partial charge in [0.1, 0.15) is 0 Å². The van der Waals surface area contributed by atoms with Crippen LogP contribution in [-0.2, 0) is 6.42 Å². The van der Waals surface area contributed by atoms with E-state index in [1.165, 1.54) is 38.5 Å². The van der Waals surface area contributed by atoms with E-state index in [1.807, 2.05) is 18.2 Å². The van der Waals surface area contributed by atoms with Crippen LogP contribution in [0.15, 0.2) is 24.4 Å². The zero-order chi connectivity index (χ0) is 17.3. The molecule has 0 aliphatic heterocycles. The first kappa shape index (κ1) is 18.7. The molecule has 0 saturated heterocycles. The molecule has 24 heavy (non-hydrogen) atoms. The number of rotatable bonds is 7. The molecule has 1 unspecified atom stereocenters. The fourth-order valence-corrected chi connectivity index (χ4v) is 3.37. The van der Waals surface area contributed by atoms with Crippen LogP contribution < -0.4 is 10.6 Å². The second-order valence-corrected chi connectivity index (χ2v) is 7.36. The quantitative estimate of drug-likeness (QED) is 0.672. The number of amides is 2. The van der Waals surface area contributed by atoms with E-state index in [4.69, 9.17) is 0 Å². The molecule has 5 nitrogen and oxygen atoms in total. The monoisotopic (exact) mass is 333 g/mol. The van der Waals surface area contributed by atoms with Crippen molar-refractivity contribution in [2.24, 2.45) is 11.3 Å². The summed E-state index contributed by atoms with van der Waals surface area (Å²) in [5.74, 6) is -0.0147. The van der Waals surface area contributed by atoms with E-state index in [0.29, 0.717) is 13.0 Å². The van der Waals surface area contributed by atoms with Crippen LogP contribution in [0.2, 0.25) is 0 Å². The zero-order valence-electron chi connectivity index (χ0n) is 14.8. The molecule has 0 spiro atoms. The van der Waals surface area contributed by atoms with E-state index in [-0.39, 0.29) is 24.0 Å². The Kier molecular flexibility index (Phi) is 7.50. The van der Waals surface area contributed by atoms with Gasteiger partial charge in [-0.1, -0.05) is 38.7 Å². The van der Waals surface area contributed by atoms with Crippen molar-refractivity contribution in [2.45, 2.75) is 51.9 Å². The topological polar surface area (TPSA) is 74.2 Å². The Morgan fingerprint density at radius 3 is 2.62 bits per heavy atom. The minimum atomic E-state index is -0.139. The summed E-state index contributed by atoms with van der Waals surface area (Å²) < 4.78 is 0. The fourth-order valence-electron chi connectivity index (χ4n) is 3.37. The summed E-state index contributed by atoms with van der Waals surface area (Å²) in [6.07, 6.45) is 9.93. The highest BCUT2D eigenvalue weighted by atomic mass is 16.3. The van der Waals surface area contributed by atoms with Gasteiger partial charge < -0.3 is 15.7 Å². The number of nitrogens with one attached hydrogen (secondary N) is 2. The van der Waals surface area contributed by atoms with E-state index in [9.17, 15) is 9.90 Å². The molecule has 2 amide bonds.